The number of carbonyl (C=O) groups is 1. The van der Waals surface area contributed by atoms with Crippen molar-refractivity contribution in [3.63, 3.8) is 0 Å². The van der Waals surface area contributed by atoms with Crippen LogP contribution in [0.25, 0.3) is 0 Å². The SMILES string of the molecule is CSc1ccc(NC(=O)Cc2cccs2)cc1. The molecule has 0 unspecified atom stereocenters. The van der Waals surface area contributed by atoms with Crippen molar-refractivity contribution in [3.05, 3.63) is 46.7 Å². The lowest BCUT2D eigenvalue weighted by Crippen LogP contribution is -2.13. The molecule has 0 bridgehead atoms. The Morgan fingerprint density at radius 1 is 1.29 bits per heavy atom. The standard InChI is InChI=1S/C13H13NOS2/c1-16-11-6-4-10(5-7-11)14-13(15)9-12-3-2-8-17-12/h2-8H,9H2,1H3,(H,14,15). The van der Waals surface area contributed by atoms with Crippen LogP contribution in [0.5, 0.6) is 0 Å². The smallest absolute Gasteiger partial charge is 0.229 e. The molecule has 1 aromatic carbocycles. The molecule has 0 aliphatic heterocycles. The first-order chi connectivity index (χ1) is 8.28. The molecular weight excluding hydrogens is 250 g/mol. The lowest BCUT2D eigenvalue weighted by molar-refractivity contribution is -0.115. The highest BCUT2D eigenvalue weighted by Gasteiger charge is 2.04. The van der Waals surface area contributed by atoms with E-state index >= 15 is 0 Å². The predicted octanol–water partition coefficient (Wildman–Crippen LogP) is 3.65. The average molecular weight is 263 g/mol. The summed E-state index contributed by atoms with van der Waals surface area (Å²) in [5.74, 6) is 0.0318. The van der Waals surface area contributed by atoms with Gasteiger partial charge in [-0.1, -0.05) is 6.07 Å². The lowest BCUT2D eigenvalue weighted by Gasteiger charge is -2.04. The van der Waals surface area contributed by atoms with Gasteiger partial charge in [0.2, 0.25) is 5.91 Å². The van der Waals surface area contributed by atoms with Crippen LogP contribution in [0, 0.1) is 0 Å². The van der Waals surface area contributed by atoms with Gasteiger partial charge in [0.1, 0.15) is 0 Å². The van der Waals surface area contributed by atoms with Crippen LogP contribution in [0.2, 0.25) is 0 Å². The zero-order chi connectivity index (χ0) is 12.1. The zero-order valence-electron chi connectivity index (χ0n) is 9.47. The fourth-order valence-electron chi connectivity index (χ4n) is 1.45. The third-order valence-corrected chi connectivity index (χ3v) is 3.91. The maximum Gasteiger partial charge on any atom is 0.229 e. The van der Waals surface area contributed by atoms with E-state index in [9.17, 15) is 4.79 Å². The van der Waals surface area contributed by atoms with Crippen molar-refractivity contribution in [2.45, 2.75) is 11.3 Å². The number of hydrogen-bond acceptors (Lipinski definition) is 3. The molecular formula is C13H13NOS2. The molecule has 2 aromatic rings. The van der Waals surface area contributed by atoms with Crippen molar-refractivity contribution in [2.75, 3.05) is 11.6 Å². The Balaban J connectivity index is 1.93. The second-order valence-electron chi connectivity index (χ2n) is 3.53. The van der Waals surface area contributed by atoms with Crippen LogP contribution in [-0.2, 0) is 11.2 Å². The minimum Gasteiger partial charge on any atom is -0.326 e. The van der Waals surface area contributed by atoms with Crippen molar-refractivity contribution >= 4 is 34.7 Å². The zero-order valence-corrected chi connectivity index (χ0v) is 11.1. The van der Waals surface area contributed by atoms with E-state index in [1.807, 2.05) is 48.0 Å². The van der Waals surface area contributed by atoms with E-state index in [0.29, 0.717) is 6.42 Å². The molecule has 1 amide bonds. The number of hydrogen-bond donors (Lipinski definition) is 1. The van der Waals surface area contributed by atoms with E-state index in [-0.39, 0.29) is 5.91 Å². The monoisotopic (exact) mass is 263 g/mol. The van der Waals surface area contributed by atoms with Crippen molar-refractivity contribution in [2.24, 2.45) is 0 Å². The highest BCUT2D eigenvalue weighted by atomic mass is 32.2. The van der Waals surface area contributed by atoms with Gasteiger partial charge < -0.3 is 5.32 Å². The molecule has 88 valence electrons. The maximum atomic E-state index is 11.7. The molecule has 0 aliphatic carbocycles. The maximum absolute atomic E-state index is 11.7. The number of carbonyl (C=O) groups excluding carboxylic acids is 1. The Kier molecular flexibility index (Phi) is 4.23. The van der Waals surface area contributed by atoms with Crippen LogP contribution in [-0.4, -0.2) is 12.2 Å². The summed E-state index contributed by atoms with van der Waals surface area (Å²) in [4.78, 5) is 14.0. The van der Waals surface area contributed by atoms with E-state index in [2.05, 4.69) is 5.32 Å². The van der Waals surface area contributed by atoms with Crippen LogP contribution in [0.15, 0.2) is 46.7 Å². The Morgan fingerprint density at radius 2 is 2.06 bits per heavy atom. The summed E-state index contributed by atoms with van der Waals surface area (Å²) >= 11 is 3.29. The lowest BCUT2D eigenvalue weighted by atomic mass is 10.3. The molecule has 2 nitrogen and oxygen atoms in total. The van der Waals surface area contributed by atoms with Gasteiger partial charge in [0, 0.05) is 15.5 Å². The molecule has 2 rings (SSSR count). The minimum atomic E-state index is 0.0318. The number of nitrogens with one attached hydrogen (secondary N) is 1. The second kappa shape index (κ2) is 5.89. The van der Waals surface area contributed by atoms with Gasteiger partial charge in [-0.25, -0.2) is 0 Å². The van der Waals surface area contributed by atoms with Crippen molar-refractivity contribution in [1.82, 2.24) is 0 Å². The van der Waals surface area contributed by atoms with Gasteiger partial charge in [-0.3, -0.25) is 4.79 Å². The van der Waals surface area contributed by atoms with E-state index < -0.39 is 0 Å². The quantitative estimate of drug-likeness (QED) is 0.853. The Labute approximate surface area is 109 Å². The summed E-state index contributed by atoms with van der Waals surface area (Å²) in [6.07, 6.45) is 2.48. The molecule has 1 aromatic heterocycles. The van der Waals surface area contributed by atoms with Crippen LogP contribution in [0.1, 0.15) is 4.88 Å². The molecule has 0 spiro atoms. The van der Waals surface area contributed by atoms with Crippen LogP contribution in [0.3, 0.4) is 0 Å². The highest BCUT2D eigenvalue weighted by Crippen LogP contribution is 2.18. The van der Waals surface area contributed by atoms with E-state index in [1.165, 1.54) is 4.90 Å². The van der Waals surface area contributed by atoms with Crippen molar-refractivity contribution in [1.29, 1.82) is 0 Å². The Bertz CT molecular complexity index is 477. The third-order valence-electron chi connectivity index (χ3n) is 2.29. The van der Waals surface area contributed by atoms with Gasteiger partial charge in [0.15, 0.2) is 0 Å². The van der Waals surface area contributed by atoms with Crippen LogP contribution in [0.4, 0.5) is 5.69 Å². The van der Waals surface area contributed by atoms with Crippen molar-refractivity contribution in [3.8, 4) is 0 Å². The fraction of sp³-hybridized carbons (Fsp3) is 0.154. The van der Waals surface area contributed by atoms with Gasteiger partial charge >= 0.3 is 0 Å². The Hall–Kier alpha value is -1.26. The molecule has 0 radical (unpaired) electrons. The first kappa shape index (κ1) is 12.2. The van der Waals surface area contributed by atoms with Crippen LogP contribution >= 0.6 is 23.1 Å². The molecule has 1 N–H and O–H groups in total. The predicted molar refractivity (Wildman–Crippen MR) is 74.9 cm³/mol. The van der Waals surface area contributed by atoms with Gasteiger partial charge in [-0.2, -0.15) is 0 Å². The van der Waals surface area contributed by atoms with Crippen molar-refractivity contribution < 1.29 is 4.79 Å². The first-order valence-corrected chi connectivity index (χ1v) is 7.34. The number of amides is 1. The van der Waals surface area contributed by atoms with E-state index in [0.717, 1.165) is 10.6 Å². The first-order valence-electron chi connectivity index (χ1n) is 5.24. The number of thioether (sulfide) groups is 1. The highest BCUT2D eigenvalue weighted by molar-refractivity contribution is 7.98. The molecule has 0 saturated heterocycles. The number of benzene rings is 1. The summed E-state index contributed by atoms with van der Waals surface area (Å²) in [7, 11) is 0. The summed E-state index contributed by atoms with van der Waals surface area (Å²) in [6.45, 7) is 0. The number of rotatable bonds is 4. The number of anilines is 1. The van der Waals surface area contributed by atoms with Gasteiger partial charge in [0.25, 0.3) is 0 Å². The molecule has 4 heteroatoms. The molecule has 17 heavy (non-hydrogen) atoms. The average Bonchev–Trinajstić information content (AvgIpc) is 2.82. The van der Waals surface area contributed by atoms with Crippen LogP contribution < -0.4 is 5.32 Å². The fourth-order valence-corrected chi connectivity index (χ4v) is 2.56. The van der Waals surface area contributed by atoms with E-state index in [1.54, 1.807) is 23.1 Å². The summed E-state index contributed by atoms with van der Waals surface area (Å²) in [5.41, 5.74) is 0.851. The van der Waals surface area contributed by atoms with Gasteiger partial charge in [-0.05, 0) is 42.0 Å². The summed E-state index contributed by atoms with van der Waals surface area (Å²) in [6, 6.07) is 11.8. The molecule has 0 atom stereocenters. The normalized spacial score (nSPS) is 10.2. The van der Waals surface area contributed by atoms with Gasteiger partial charge in [0.05, 0.1) is 6.42 Å². The molecule has 1 heterocycles. The third kappa shape index (κ3) is 3.61. The molecule has 0 aliphatic rings. The molecule has 0 saturated carbocycles. The largest absolute Gasteiger partial charge is 0.326 e. The van der Waals surface area contributed by atoms with Gasteiger partial charge in [-0.15, -0.1) is 23.1 Å². The minimum absolute atomic E-state index is 0.0318. The molecule has 0 fully saturated rings. The second-order valence-corrected chi connectivity index (χ2v) is 5.44. The number of thiophene rings is 1. The van der Waals surface area contributed by atoms with E-state index in [4.69, 9.17) is 0 Å². The summed E-state index contributed by atoms with van der Waals surface area (Å²) in [5, 5.41) is 4.87. The topological polar surface area (TPSA) is 29.1 Å². The Morgan fingerprint density at radius 3 is 2.65 bits per heavy atom. The summed E-state index contributed by atoms with van der Waals surface area (Å²) < 4.78 is 0.